The lowest BCUT2D eigenvalue weighted by atomic mass is 10.1. The maximum Gasteiger partial charge on any atom is 0.179 e. The second-order valence-corrected chi connectivity index (χ2v) is 7.20. The van der Waals surface area contributed by atoms with Crippen LogP contribution in [0.3, 0.4) is 0 Å². The van der Waals surface area contributed by atoms with Gasteiger partial charge in [0.2, 0.25) is 0 Å². The molecule has 0 N–H and O–H groups in total. The summed E-state index contributed by atoms with van der Waals surface area (Å²) in [7, 11) is -3.44. The van der Waals surface area contributed by atoms with Gasteiger partial charge in [-0.3, -0.25) is 4.79 Å². The van der Waals surface area contributed by atoms with Crippen LogP contribution in [0.25, 0.3) is 0 Å². The molecule has 0 aliphatic heterocycles. The van der Waals surface area contributed by atoms with Crippen molar-refractivity contribution >= 4 is 15.6 Å². The van der Waals surface area contributed by atoms with E-state index in [1.807, 2.05) is 19.1 Å². The molecule has 2 rings (SSSR count). The molecule has 0 bridgehead atoms. The summed E-state index contributed by atoms with van der Waals surface area (Å²) in [5.41, 5.74) is 2.16. The first-order chi connectivity index (χ1) is 9.90. The average Bonchev–Trinajstić information content (AvgIpc) is 2.48. The van der Waals surface area contributed by atoms with Crippen molar-refractivity contribution in [2.75, 3.05) is 5.75 Å². The highest BCUT2D eigenvalue weighted by atomic mass is 32.2. The molecule has 3 nitrogen and oxygen atoms in total. The summed E-state index contributed by atoms with van der Waals surface area (Å²) < 4.78 is 24.8. The highest BCUT2D eigenvalue weighted by Gasteiger charge is 2.19. The Labute approximate surface area is 125 Å². The smallest absolute Gasteiger partial charge is 0.179 e. The van der Waals surface area contributed by atoms with Gasteiger partial charge in [-0.05, 0) is 31.0 Å². The van der Waals surface area contributed by atoms with E-state index < -0.39 is 9.84 Å². The van der Waals surface area contributed by atoms with Gasteiger partial charge in [-0.1, -0.05) is 42.5 Å². The number of aryl methyl sites for hydroxylation is 2. The second-order valence-electron chi connectivity index (χ2n) is 5.13. The highest BCUT2D eigenvalue weighted by Crippen LogP contribution is 2.19. The number of ketones is 1. The third-order valence-corrected chi connectivity index (χ3v) is 5.22. The minimum Gasteiger partial charge on any atom is -0.294 e. The topological polar surface area (TPSA) is 51.2 Å². The SMILES string of the molecule is Cc1ccc(C)c(S(=O)(=O)CCC(=O)c2ccccc2)c1. The normalized spacial score (nSPS) is 11.3. The van der Waals surface area contributed by atoms with Crippen LogP contribution >= 0.6 is 0 Å². The number of benzene rings is 2. The van der Waals surface area contributed by atoms with Crippen molar-refractivity contribution in [2.45, 2.75) is 25.2 Å². The Bertz CT molecular complexity index is 747. The second kappa shape index (κ2) is 6.22. The molecule has 0 radical (unpaired) electrons. The van der Waals surface area contributed by atoms with Crippen LogP contribution in [-0.2, 0) is 9.84 Å². The Morgan fingerprint density at radius 2 is 1.67 bits per heavy atom. The van der Waals surface area contributed by atoms with Gasteiger partial charge >= 0.3 is 0 Å². The Morgan fingerprint density at radius 1 is 1.00 bits per heavy atom. The molecule has 0 fully saturated rings. The predicted octanol–water partition coefficient (Wildman–Crippen LogP) is 3.35. The molecule has 2 aromatic carbocycles. The lowest BCUT2D eigenvalue weighted by molar-refractivity contribution is 0.0989. The number of carbonyl (C=O) groups excluding carboxylic acids is 1. The van der Waals surface area contributed by atoms with Gasteiger partial charge < -0.3 is 0 Å². The summed E-state index contributed by atoms with van der Waals surface area (Å²) in [5.74, 6) is -0.310. The third kappa shape index (κ3) is 3.79. The number of sulfone groups is 1. The lowest BCUT2D eigenvalue weighted by Gasteiger charge is -2.08. The minimum atomic E-state index is -3.44. The predicted molar refractivity (Wildman–Crippen MR) is 83.4 cm³/mol. The summed E-state index contributed by atoms with van der Waals surface area (Å²) in [6, 6.07) is 14.1. The van der Waals surface area contributed by atoms with Crippen LogP contribution in [0.2, 0.25) is 0 Å². The highest BCUT2D eigenvalue weighted by molar-refractivity contribution is 7.91. The van der Waals surface area contributed by atoms with Crippen LogP contribution in [0.15, 0.2) is 53.4 Å². The van der Waals surface area contributed by atoms with Crippen molar-refractivity contribution in [3.05, 3.63) is 65.2 Å². The fourth-order valence-electron chi connectivity index (χ4n) is 2.15. The van der Waals surface area contributed by atoms with Gasteiger partial charge in [-0.25, -0.2) is 8.42 Å². The molecule has 0 heterocycles. The summed E-state index contributed by atoms with van der Waals surface area (Å²) in [6.45, 7) is 3.62. The average molecular weight is 302 g/mol. The van der Waals surface area contributed by atoms with Crippen LogP contribution in [0.5, 0.6) is 0 Å². The van der Waals surface area contributed by atoms with Crippen LogP contribution in [0.1, 0.15) is 27.9 Å². The van der Waals surface area contributed by atoms with Crippen LogP contribution < -0.4 is 0 Å². The lowest BCUT2D eigenvalue weighted by Crippen LogP contribution is -2.13. The van der Waals surface area contributed by atoms with Gasteiger partial charge in [0.15, 0.2) is 15.6 Å². The quantitative estimate of drug-likeness (QED) is 0.796. The third-order valence-electron chi connectivity index (χ3n) is 3.37. The van der Waals surface area contributed by atoms with E-state index in [4.69, 9.17) is 0 Å². The molecule has 0 saturated carbocycles. The van der Waals surface area contributed by atoms with Crippen molar-refractivity contribution in [1.82, 2.24) is 0 Å². The Balaban J connectivity index is 2.15. The van der Waals surface area contributed by atoms with E-state index in [2.05, 4.69) is 0 Å². The minimum absolute atomic E-state index is 0.000269. The maximum absolute atomic E-state index is 12.4. The molecule has 110 valence electrons. The molecule has 0 aliphatic carbocycles. The summed E-state index contributed by atoms with van der Waals surface area (Å²) in [5, 5.41) is 0. The van der Waals surface area contributed by atoms with E-state index in [9.17, 15) is 13.2 Å². The molecule has 0 unspecified atom stereocenters. The number of hydrogen-bond donors (Lipinski definition) is 0. The van der Waals surface area contributed by atoms with E-state index in [0.29, 0.717) is 16.0 Å². The zero-order valence-electron chi connectivity index (χ0n) is 12.2. The first-order valence-electron chi connectivity index (χ1n) is 6.78. The molecule has 0 saturated heterocycles. The largest absolute Gasteiger partial charge is 0.294 e. The first kappa shape index (κ1) is 15.4. The zero-order valence-corrected chi connectivity index (χ0v) is 13.0. The van der Waals surface area contributed by atoms with Gasteiger partial charge in [0.05, 0.1) is 10.6 Å². The van der Waals surface area contributed by atoms with Gasteiger partial charge in [0, 0.05) is 12.0 Å². The summed E-state index contributed by atoms with van der Waals surface area (Å²) >= 11 is 0. The van der Waals surface area contributed by atoms with E-state index in [0.717, 1.165) is 5.56 Å². The van der Waals surface area contributed by atoms with Gasteiger partial charge in [0.1, 0.15) is 0 Å². The van der Waals surface area contributed by atoms with Crippen LogP contribution in [-0.4, -0.2) is 20.0 Å². The molecule has 2 aromatic rings. The molecule has 0 aromatic heterocycles. The maximum atomic E-state index is 12.4. The first-order valence-corrected chi connectivity index (χ1v) is 8.43. The number of carbonyl (C=O) groups is 1. The van der Waals surface area contributed by atoms with Crippen molar-refractivity contribution in [1.29, 1.82) is 0 Å². The number of hydrogen-bond acceptors (Lipinski definition) is 3. The summed E-state index contributed by atoms with van der Waals surface area (Å²) in [4.78, 5) is 12.3. The van der Waals surface area contributed by atoms with Gasteiger partial charge in [-0.15, -0.1) is 0 Å². The van der Waals surface area contributed by atoms with Crippen molar-refractivity contribution in [3.63, 3.8) is 0 Å². The standard InChI is InChI=1S/C17H18O3S/c1-13-8-9-14(2)17(12-13)21(19,20)11-10-16(18)15-6-4-3-5-7-15/h3-9,12H,10-11H2,1-2H3. The Kier molecular flexibility index (Phi) is 4.58. The number of rotatable bonds is 5. The molecule has 4 heteroatoms. The van der Waals surface area contributed by atoms with Crippen molar-refractivity contribution in [2.24, 2.45) is 0 Å². The van der Waals surface area contributed by atoms with Crippen molar-refractivity contribution < 1.29 is 13.2 Å². The molecule has 21 heavy (non-hydrogen) atoms. The van der Waals surface area contributed by atoms with E-state index in [1.54, 1.807) is 43.3 Å². The van der Waals surface area contributed by atoms with Crippen LogP contribution in [0.4, 0.5) is 0 Å². The fraction of sp³-hybridized carbons (Fsp3) is 0.235. The molecule has 0 aliphatic rings. The van der Waals surface area contributed by atoms with Gasteiger partial charge in [-0.2, -0.15) is 0 Å². The molecular weight excluding hydrogens is 284 g/mol. The fourth-order valence-corrected chi connectivity index (χ4v) is 3.75. The summed E-state index contributed by atoms with van der Waals surface area (Å²) in [6.07, 6.45) is -0.000269. The van der Waals surface area contributed by atoms with Crippen molar-refractivity contribution in [3.8, 4) is 0 Å². The molecular formula is C17H18O3S. The van der Waals surface area contributed by atoms with E-state index in [1.165, 1.54) is 0 Å². The number of Topliss-reactive ketones (excluding diaryl/α,β-unsaturated/α-hetero) is 1. The molecule has 0 spiro atoms. The van der Waals surface area contributed by atoms with E-state index >= 15 is 0 Å². The van der Waals surface area contributed by atoms with Gasteiger partial charge in [0.25, 0.3) is 0 Å². The monoisotopic (exact) mass is 302 g/mol. The zero-order chi connectivity index (χ0) is 15.5. The van der Waals surface area contributed by atoms with E-state index in [-0.39, 0.29) is 18.0 Å². The Hall–Kier alpha value is -1.94. The van der Waals surface area contributed by atoms with Crippen LogP contribution in [0, 0.1) is 13.8 Å². The molecule has 0 amide bonds. The molecule has 0 atom stereocenters. The Morgan fingerprint density at radius 3 is 2.33 bits per heavy atom.